The number of unbranched alkanes of at least 4 members (excludes halogenated alkanes) is 1. The Morgan fingerprint density at radius 2 is 1.80 bits per heavy atom. The van der Waals surface area contributed by atoms with E-state index in [2.05, 4.69) is 42.2 Å². The van der Waals surface area contributed by atoms with Gasteiger partial charge in [0.15, 0.2) is 0 Å². The van der Waals surface area contributed by atoms with E-state index in [1.165, 1.54) is 57.3 Å². The second kappa shape index (κ2) is 8.31. The molecule has 20 heavy (non-hydrogen) atoms. The van der Waals surface area contributed by atoms with Crippen LogP contribution in [0, 0.1) is 11.8 Å². The second-order valence-electron chi connectivity index (χ2n) is 6.18. The van der Waals surface area contributed by atoms with Crippen molar-refractivity contribution in [1.82, 2.24) is 0 Å². The van der Waals surface area contributed by atoms with Crippen molar-refractivity contribution in [2.45, 2.75) is 45.4 Å². The van der Waals surface area contributed by atoms with Gasteiger partial charge in [-0.25, -0.2) is 0 Å². The predicted octanol–water partition coefficient (Wildman–Crippen LogP) is 4.06. The molecule has 1 aliphatic rings. The van der Waals surface area contributed by atoms with Crippen LogP contribution in [-0.4, -0.2) is 19.6 Å². The van der Waals surface area contributed by atoms with Crippen LogP contribution in [-0.2, 0) is 0 Å². The van der Waals surface area contributed by atoms with Gasteiger partial charge < -0.3 is 10.6 Å². The van der Waals surface area contributed by atoms with Crippen LogP contribution in [0.2, 0.25) is 0 Å². The summed E-state index contributed by atoms with van der Waals surface area (Å²) in [4.78, 5) is 2.59. The Morgan fingerprint density at radius 1 is 1.10 bits per heavy atom. The Bertz CT molecular complexity index is 363. The van der Waals surface area contributed by atoms with Gasteiger partial charge >= 0.3 is 0 Å². The lowest BCUT2D eigenvalue weighted by molar-refractivity contribution is 0.245. The number of anilines is 1. The molecule has 2 rings (SSSR count). The third kappa shape index (κ3) is 4.24. The highest BCUT2D eigenvalue weighted by atomic mass is 15.1. The van der Waals surface area contributed by atoms with Crippen LogP contribution < -0.4 is 10.6 Å². The Hall–Kier alpha value is -1.02. The zero-order valence-corrected chi connectivity index (χ0v) is 12.9. The zero-order valence-electron chi connectivity index (χ0n) is 12.9. The van der Waals surface area contributed by atoms with Crippen LogP contribution in [0.15, 0.2) is 30.3 Å². The minimum atomic E-state index is 0.733. The van der Waals surface area contributed by atoms with Crippen LogP contribution in [0.4, 0.5) is 5.69 Å². The minimum absolute atomic E-state index is 0.733. The van der Waals surface area contributed by atoms with E-state index in [9.17, 15) is 0 Å². The maximum Gasteiger partial charge on any atom is 0.0366 e. The number of para-hydroxylation sites is 1. The first-order valence-corrected chi connectivity index (χ1v) is 8.35. The molecule has 0 saturated heterocycles. The molecule has 0 aliphatic heterocycles. The van der Waals surface area contributed by atoms with E-state index in [0.717, 1.165) is 18.4 Å². The van der Waals surface area contributed by atoms with Crippen molar-refractivity contribution in [3.05, 3.63) is 30.3 Å². The quantitative estimate of drug-likeness (QED) is 0.812. The molecular formula is C18H30N2. The van der Waals surface area contributed by atoms with Gasteiger partial charge in [0.1, 0.15) is 0 Å². The summed E-state index contributed by atoms with van der Waals surface area (Å²) in [7, 11) is 0. The molecule has 0 amide bonds. The summed E-state index contributed by atoms with van der Waals surface area (Å²) in [6.07, 6.45) is 7.98. The molecule has 0 aromatic heterocycles. The SMILES string of the molecule is CCCCN(CC1CCCCC1CN)c1ccccc1. The molecule has 1 fully saturated rings. The van der Waals surface area contributed by atoms with Gasteiger partial charge in [-0.15, -0.1) is 0 Å². The molecule has 0 bridgehead atoms. The third-order valence-corrected chi connectivity index (χ3v) is 4.73. The summed E-state index contributed by atoms with van der Waals surface area (Å²) in [5.74, 6) is 1.52. The summed E-state index contributed by atoms with van der Waals surface area (Å²) in [5.41, 5.74) is 7.37. The molecule has 1 aliphatic carbocycles. The predicted molar refractivity (Wildman–Crippen MR) is 88.1 cm³/mol. The van der Waals surface area contributed by atoms with Crippen molar-refractivity contribution in [2.75, 3.05) is 24.5 Å². The molecular weight excluding hydrogens is 244 g/mol. The summed E-state index contributed by atoms with van der Waals surface area (Å²) < 4.78 is 0. The van der Waals surface area contributed by atoms with Gasteiger partial charge in [-0.05, 0) is 49.8 Å². The van der Waals surface area contributed by atoms with E-state index in [-0.39, 0.29) is 0 Å². The van der Waals surface area contributed by atoms with Gasteiger partial charge in [0, 0.05) is 18.8 Å². The highest BCUT2D eigenvalue weighted by molar-refractivity contribution is 5.46. The molecule has 0 heterocycles. The molecule has 1 aromatic rings. The fraction of sp³-hybridized carbons (Fsp3) is 0.667. The topological polar surface area (TPSA) is 29.3 Å². The fourth-order valence-electron chi connectivity index (χ4n) is 3.43. The highest BCUT2D eigenvalue weighted by Crippen LogP contribution is 2.31. The molecule has 0 radical (unpaired) electrons. The number of nitrogens with zero attached hydrogens (tertiary/aromatic N) is 1. The lowest BCUT2D eigenvalue weighted by Crippen LogP contribution is -2.37. The maximum absolute atomic E-state index is 5.99. The first-order chi connectivity index (χ1) is 9.85. The summed E-state index contributed by atoms with van der Waals surface area (Å²) in [5, 5.41) is 0. The number of benzene rings is 1. The zero-order chi connectivity index (χ0) is 14.2. The Balaban J connectivity index is 2.03. The molecule has 0 spiro atoms. The van der Waals surface area contributed by atoms with Crippen molar-refractivity contribution in [2.24, 2.45) is 17.6 Å². The molecule has 2 N–H and O–H groups in total. The van der Waals surface area contributed by atoms with Crippen molar-refractivity contribution >= 4 is 5.69 Å². The van der Waals surface area contributed by atoms with Gasteiger partial charge in [-0.3, -0.25) is 0 Å². The first-order valence-electron chi connectivity index (χ1n) is 8.35. The minimum Gasteiger partial charge on any atom is -0.371 e. The summed E-state index contributed by atoms with van der Waals surface area (Å²) in [6.45, 7) is 5.49. The highest BCUT2D eigenvalue weighted by Gasteiger charge is 2.25. The fourth-order valence-corrected chi connectivity index (χ4v) is 3.43. The lowest BCUT2D eigenvalue weighted by atomic mass is 9.79. The van der Waals surface area contributed by atoms with Crippen molar-refractivity contribution in [3.8, 4) is 0 Å². The first kappa shape index (κ1) is 15.4. The third-order valence-electron chi connectivity index (χ3n) is 4.73. The summed E-state index contributed by atoms with van der Waals surface area (Å²) >= 11 is 0. The Kier molecular flexibility index (Phi) is 6.38. The average molecular weight is 274 g/mol. The molecule has 2 atom stereocenters. The van der Waals surface area contributed by atoms with E-state index >= 15 is 0 Å². The normalized spacial score (nSPS) is 22.7. The lowest BCUT2D eigenvalue weighted by Gasteiger charge is -2.36. The molecule has 112 valence electrons. The van der Waals surface area contributed by atoms with E-state index in [0.29, 0.717) is 0 Å². The molecule has 2 nitrogen and oxygen atoms in total. The number of nitrogens with two attached hydrogens (primary N) is 1. The average Bonchev–Trinajstić information content (AvgIpc) is 2.52. The van der Waals surface area contributed by atoms with Crippen molar-refractivity contribution in [3.63, 3.8) is 0 Å². The second-order valence-corrected chi connectivity index (χ2v) is 6.18. The van der Waals surface area contributed by atoms with Crippen molar-refractivity contribution in [1.29, 1.82) is 0 Å². The van der Waals surface area contributed by atoms with Gasteiger partial charge in [0.05, 0.1) is 0 Å². The van der Waals surface area contributed by atoms with Gasteiger partial charge in [0.2, 0.25) is 0 Å². The molecule has 1 aromatic carbocycles. The van der Waals surface area contributed by atoms with E-state index in [1.807, 2.05) is 0 Å². The largest absolute Gasteiger partial charge is 0.371 e. The van der Waals surface area contributed by atoms with Crippen LogP contribution in [0.3, 0.4) is 0 Å². The Labute approximate surface area is 124 Å². The number of rotatable bonds is 7. The van der Waals surface area contributed by atoms with E-state index in [1.54, 1.807) is 0 Å². The number of hydrogen-bond donors (Lipinski definition) is 1. The Morgan fingerprint density at radius 3 is 2.45 bits per heavy atom. The van der Waals surface area contributed by atoms with E-state index in [4.69, 9.17) is 5.73 Å². The van der Waals surface area contributed by atoms with Crippen LogP contribution >= 0.6 is 0 Å². The number of hydrogen-bond acceptors (Lipinski definition) is 2. The molecule has 2 heteroatoms. The van der Waals surface area contributed by atoms with Gasteiger partial charge in [-0.2, -0.15) is 0 Å². The van der Waals surface area contributed by atoms with Gasteiger partial charge in [0.25, 0.3) is 0 Å². The molecule has 2 unspecified atom stereocenters. The summed E-state index contributed by atoms with van der Waals surface area (Å²) in [6, 6.07) is 10.9. The monoisotopic (exact) mass is 274 g/mol. The van der Waals surface area contributed by atoms with Crippen LogP contribution in [0.5, 0.6) is 0 Å². The maximum atomic E-state index is 5.99. The molecule has 1 saturated carbocycles. The van der Waals surface area contributed by atoms with Crippen molar-refractivity contribution < 1.29 is 0 Å². The standard InChI is InChI=1S/C18H30N2/c1-2-3-13-20(18-11-5-4-6-12-18)15-17-10-8-7-9-16(17)14-19/h4-6,11-12,16-17H,2-3,7-10,13-15,19H2,1H3. The van der Waals surface area contributed by atoms with Crippen LogP contribution in [0.25, 0.3) is 0 Å². The van der Waals surface area contributed by atoms with Gasteiger partial charge in [-0.1, -0.05) is 44.4 Å². The van der Waals surface area contributed by atoms with E-state index < -0.39 is 0 Å². The smallest absolute Gasteiger partial charge is 0.0366 e. The van der Waals surface area contributed by atoms with Crippen LogP contribution in [0.1, 0.15) is 45.4 Å².